The fraction of sp³-hybridized carbons (Fsp3) is 0.429. The summed E-state index contributed by atoms with van der Waals surface area (Å²) in [5, 5.41) is 6.49. The summed E-state index contributed by atoms with van der Waals surface area (Å²) >= 11 is 3.33. The summed E-state index contributed by atoms with van der Waals surface area (Å²) in [6.45, 7) is 3.37. The van der Waals surface area contributed by atoms with Gasteiger partial charge in [0.05, 0.1) is 0 Å². The smallest absolute Gasteiger partial charge is 0.224 e. The van der Waals surface area contributed by atoms with Crippen LogP contribution in [0.15, 0.2) is 18.2 Å². The topological polar surface area (TPSA) is 58.2 Å². The van der Waals surface area contributed by atoms with Crippen molar-refractivity contribution in [3.63, 3.8) is 0 Å². The molecule has 0 aliphatic rings. The molecule has 0 aromatic heterocycles. The summed E-state index contributed by atoms with van der Waals surface area (Å²) in [7, 11) is 0. The van der Waals surface area contributed by atoms with Gasteiger partial charge in [0.2, 0.25) is 11.8 Å². The lowest BCUT2D eigenvalue weighted by molar-refractivity contribution is -0.116. The molecule has 104 valence electrons. The van der Waals surface area contributed by atoms with Crippen molar-refractivity contribution in [2.45, 2.75) is 33.1 Å². The number of hydrogen-bond acceptors (Lipinski definition) is 2. The summed E-state index contributed by atoms with van der Waals surface area (Å²) in [4.78, 5) is 22.8. The van der Waals surface area contributed by atoms with Crippen LogP contribution in [0.5, 0.6) is 0 Å². The van der Waals surface area contributed by atoms with Crippen LogP contribution in [-0.2, 0) is 9.59 Å². The number of carbonyl (C=O) groups excluding carboxylic acids is 2. The monoisotopic (exact) mass is 326 g/mol. The van der Waals surface area contributed by atoms with Crippen molar-refractivity contribution in [1.82, 2.24) is 0 Å². The Morgan fingerprint density at radius 3 is 2.58 bits per heavy atom. The average molecular weight is 327 g/mol. The van der Waals surface area contributed by atoms with Crippen LogP contribution in [0.3, 0.4) is 0 Å². The Balaban J connectivity index is 2.63. The van der Waals surface area contributed by atoms with Gasteiger partial charge in [-0.05, 0) is 37.5 Å². The van der Waals surface area contributed by atoms with Gasteiger partial charge in [0.25, 0.3) is 0 Å². The number of aryl methyl sites for hydroxylation is 1. The zero-order chi connectivity index (χ0) is 14.3. The molecular weight excluding hydrogens is 308 g/mol. The second-order valence-electron chi connectivity index (χ2n) is 4.41. The van der Waals surface area contributed by atoms with Gasteiger partial charge in [-0.1, -0.05) is 22.0 Å². The second kappa shape index (κ2) is 7.94. The van der Waals surface area contributed by atoms with Crippen LogP contribution in [0.2, 0.25) is 0 Å². The minimum atomic E-state index is -0.121. The van der Waals surface area contributed by atoms with Crippen molar-refractivity contribution in [2.75, 3.05) is 16.0 Å². The molecule has 4 nitrogen and oxygen atoms in total. The Kier molecular flexibility index (Phi) is 6.56. The van der Waals surface area contributed by atoms with Gasteiger partial charge in [-0.3, -0.25) is 9.59 Å². The fourth-order valence-electron chi connectivity index (χ4n) is 1.63. The van der Waals surface area contributed by atoms with E-state index in [2.05, 4.69) is 26.6 Å². The van der Waals surface area contributed by atoms with Crippen LogP contribution in [0.1, 0.15) is 31.7 Å². The Morgan fingerprint density at radius 2 is 1.95 bits per heavy atom. The predicted molar refractivity (Wildman–Crippen MR) is 81.8 cm³/mol. The van der Waals surface area contributed by atoms with Crippen molar-refractivity contribution in [3.05, 3.63) is 23.8 Å². The van der Waals surface area contributed by atoms with Crippen molar-refractivity contribution in [2.24, 2.45) is 0 Å². The van der Waals surface area contributed by atoms with Gasteiger partial charge in [-0.2, -0.15) is 0 Å². The van der Waals surface area contributed by atoms with Crippen molar-refractivity contribution in [3.8, 4) is 0 Å². The minimum absolute atomic E-state index is 0.00132. The third-order valence-electron chi connectivity index (χ3n) is 2.62. The van der Waals surface area contributed by atoms with Gasteiger partial charge < -0.3 is 10.6 Å². The highest BCUT2D eigenvalue weighted by Gasteiger charge is 2.05. The Hall–Kier alpha value is -1.36. The lowest BCUT2D eigenvalue weighted by atomic mass is 10.1. The molecule has 2 N–H and O–H groups in total. The lowest BCUT2D eigenvalue weighted by Gasteiger charge is -2.10. The van der Waals surface area contributed by atoms with E-state index < -0.39 is 0 Å². The molecule has 0 atom stereocenters. The van der Waals surface area contributed by atoms with E-state index in [-0.39, 0.29) is 11.8 Å². The highest BCUT2D eigenvalue weighted by atomic mass is 79.9. The SMILES string of the molecule is CC(=O)Nc1cc(NC(=O)CCCCBr)ccc1C. The van der Waals surface area contributed by atoms with E-state index in [1.165, 1.54) is 6.92 Å². The number of halogens is 1. The molecule has 0 bridgehead atoms. The molecule has 0 saturated carbocycles. The highest BCUT2D eigenvalue weighted by Crippen LogP contribution is 2.20. The van der Waals surface area contributed by atoms with Gasteiger partial charge in [-0.15, -0.1) is 0 Å². The maximum atomic E-state index is 11.7. The van der Waals surface area contributed by atoms with E-state index in [4.69, 9.17) is 0 Å². The highest BCUT2D eigenvalue weighted by molar-refractivity contribution is 9.09. The first-order valence-corrected chi connectivity index (χ1v) is 7.39. The quantitative estimate of drug-likeness (QED) is 0.621. The molecule has 5 heteroatoms. The van der Waals surface area contributed by atoms with Crippen molar-refractivity contribution >= 4 is 39.1 Å². The predicted octanol–water partition coefficient (Wildman–Crippen LogP) is 3.46. The largest absolute Gasteiger partial charge is 0.326 e. The molecular formula is C14H19BrN2O2. The number of carbonyl (C=O) groups is 2. The number of benzene rings is 1. The van der Waals surface area contributed by atoms with Gasteiger partial charge >= 0.3 is 0 Å². The van der Waals surface area contributed by atoms with Gasteiger partial charge in [-0.25, -0.2) is 0 Å². The maximum Gasteiger partial charge on any atom is 0.224 e. The van der Waals surface area contributed by atoms with Crippen LogP contribution >= 0.6 is 15.9 Å². The van der Waals surface area contributed by atoms with E-state index in [1.54, 1.807) is 6.07 Å². The fourth-order valence-corrected chi connectivity index (χ4v) is 2.02. The standard InChI is InChI=1S/C14H19BrN2O2/c1-10-6-7-12(9-13(10)16-11(2)18)17-14(19)5-3-4-8-15/h6-7,9H,3-5,8H2,1-2H3,(H,16,18)(H,17,19). The first-order chi connectivity index (χ1) is 9.02. The van der Waals surface area contributed by atoms with Crippen LogP contribution in [0.4, 0.5) is 11.4 Å². The zero-order valence-electron chi connectivity index (χ0n) is 11.3. The number of unbranched alkanes of at least 4 members (excludes halogenated alkanes) is 1. The molecule has 0 spiro atoms. The molecule has 1 aromatic rings. The number of rotatable bonds is 6. The second-order valence-corrected chi connectivity index (χ2v) is 5.20. The maximum absolute atomic E-state index is 11.7. The Bertz CT molecular complexity index is 461. The molecule has 19 heavy (non-hydrogen) atoms. The van der Waals surface area contributed by atoms with Gasteiger partial charge in [0.1, 0.15) is 0 Å². The molecule has 0 aliphatic carbocycles. The van der Waals surface area contributed by atoms with Crippen LogP contribution in [-0.4, -0.2) is 17.1 Å². The first-order valence-electron chi connectivity index (χ1n) is 6.27. The molecule has 0 radical (unpaired) electrons. The molecule has 0 aliphatic heterocycles. The summed E-state index contributed by atoms with van der Waals surface area (Å²) in [5.74, 6) is -0.123. The molecule has 0 fully saturated rings. The van der Waals surface area contributed by atoms with E-state index in [1.807, 2.05) is 19.1 Å². The summed E-state index contributed by atoms with van der Waals surface area (Å²) in [5.41, 5.74) is 2.40. The van der Waals surface area contributed by atoms with Crippen LogP contribution in [0, 0.1) is 6.92 Å². The zero-order valence-corrected chi connectivity index (χ0v) is 12.8. The Labute approximate surface area is 122 Å². The van der Waals surface area contributed by atoms with E-state index >= 15 is 0 Å². The van der Waals surface area contributed by atoms with E-state index in [9.17, 15) is 9.59 Å². The average Bonchev–Trinajstić information content (AvgIpc) is 2.33. The third kappa shape index (κ3) is 5.87. The van der Waals surface area contributed by atoms with Crippen molar-refractivity contribution in [1.29, 1.82) is 0 Å². The molecule has 2 amide bonds. The number of anilines is 2. The van der Waals surface area contributed by atoms with Gasteiger partial charge in [0.15, 0.2) is 0 Å². The molecule has 1 aromatic carbocycles. The number of amides is 2. The summed E-state index contributed by atoms with van der Waals surface area (Å²) < 4.78 is 0. The summed E-state index contributed by atoms with van der Waals surface area (Å²) in [6.07, 6.45) is 2.36. The van der Waals surface area contributed by atoms with Gasteiger partial charge in [0, 0.05) is 30.0 Å². The number of hydrogen-bond donors (Lipinski definition) is 2. The lowest BCUT2D eigenvalue weighted by Crippen LogP contribution is -2.12. The first kappa shape index (κ1) is 15.7. The minimum Gasteiger partial charge on any atom is -0.326 e. The molecule has 1 rings (SSSR count). The third-order valence-corrected chi connectivity index (χ3v) is 3.18. The normalized spacial score (nSPS) is 10.1. The number of nitrogens with one attached hydrogen (secondary N) is 2. The molecule has 0 unspecified atom stereocenters. The van der Waals surface area contributed by atoms with Crippen molar-refractivity contribution < 1.29 is 9.59 Å². The Morgan fingerprint density at radius 1 is 1.21 bits per heavy atom. The van der Waals surface area contributed by atoms with Crippen LogP contribution in [0.25, 0.3) is 0 Å². The summed E-state index contributed by atoms with van der Waals surface area (Å²) in [6, 6.07) is 5.49. The van der Waals surface area contributed by atoms with E-state index in [0.29, 0.717) is 12.1 Å². The molecule has 0 heterocycles. The van der Waals surface area contributed by atoms with Crippen LogP contribution < -0.4 is 10.6 Å². The number of alkyl halides is 1. The molecule has 0 saturated heterocycles. The van der Waals surface area contributed by atoms with E-state index in [0.717, 1.165) is 29.4 Å².